The number of nitrogens with zero attached hydrogens (tertiary/aromatic N) is 1. The molecule has 6 unspecified atom stereocenters. The molecule has 2 fully saturated rings. The molecule has 0 aromatic heterocycles. The summed E-state index contributed by atoms with van der Waals surface area (Å²) in [7, 11) is 0. The number of nitrogens with one attached hydrogen (secondary N) is 1. The van der Waals surface area contributed by atoms with Crippen molar-refractivity contribution in [2.45, 2.75) is 72.1 Å². The largest absolute Gasteiger partial charge is 0.323 e. The first-order chi connectivity index (χ1) is 8.47. The lowest BCUT2D eigenvalue weighted by Crippen LogP contribution is -2.45. The molecule has 1 aliphatic carbocycles. The highest BCUT2D eigenvalue weighted by Crippen LogP contribution is 2.37. The van der Waals surface area contributed by atoms with E-state index in [0.717, 1.165) is 12.3 Å². The first kappa shape index (κ1) is 13.9. The molecule has 0 bridgehead atoms. The highest BCUT2D eigenvalue weighted by Gasteiger charge is 2.45. The zero-order valence-electron chi connectivity index (χ0n) is 12.4. The standard InChI is InChI=1S/C15H28N2O/c1-6-9(2)14-15(18)17(12(5)16-14)13-8-7-10(3)11(13)4/h9-14,16H,6-8H2,1-5H3. The Morgan fingerprint density at radius 2 is 2.00 bits per heavy atom. The Balaban J connectivity index is 2.12. The Morgan fingerprint density at radius 3 is 2.50 bits per heavy atom. The zero-order valence-corrected chi connectivity index (χ0v) is 12.4. The van der Waals surface area contributed by atoms with Gasteiger partial charge in [0.15, 0.2) is 0 Å². The molecule has 0 aromatic carbocycles. The first-order valence-corrected chi connectivity index (χ1v) is 7.55. The fourth-order valence-electron chi connectivity index (χ4n) is 3.59. The molecule has 2 aliphatic rings. The average Bonchev–Trinajstić information content (AvgIpc) is 2.81. The molecule has 3 heteroatoms. The molecule has 18 heavy (non-hydrogen) atoms. The van der Waals surface area contributed by atoms with Crippen molar-refractivity contribution in [1.29, 1.82) is 0 Å². The molecule has 1 N–H and O–H groups in total. The van der Waals surface area contributed by atoms with E-state index in [1.807, 2.05) is 0 Å². The predicted octanol–water partition coefficient (Wildman–Crippen LogP) is 2.61. The molecule has 6 atom stereocenters. The van der Waals surface area contributed by atoms with Gasteiger partial charge in [-0.25, -0.2) is 0 Å². The lowest BCUT2D eigenvalue weighted by molar-refractivity contribution is -0.133. The monoisotopic (exact) mass is 252 g/mol. The minimum absolute atomic E-state index is 0.0353. The third-order valence-corrected chi connectivity index (χ3v) is 5.35. The van der Waals surface area contributed by atoms with E-state index in [4.69, 9.17) is 0 Å². The van der Waals surface area contributed by atoms with Crippen molar-refractivity contribution in [2.24, 2.45) is 17.8 Å². The second kappa shape index (κ2) is 5.20. The zero-order chi connectivity index (χ0) is 13.4. The summed E-state index contributed by atoms with van der Waals surface area (Å²) < 4.78 is 0. The number of rotatable bonds is 3. The smallest absolute Gasteiger partial charge is 0.241 e. The van der Waals surface area contributed by atoms with Gasteiger partial charge in [0, 0.05) is 6.04 Å². The Hall–Kier alpha value is -0.570. The molecule has 0 aromatic rings. The molecule has 104 valence electrons. The molecule has 1 saturated carbocycles. The molecule has 0 spiro atoms. The Bertz CT molecular complexity index is 318. The third kappa shape index (κ3) is 2.18. The lowest BCUT2D eigenvalue weighted by Gasteiger charge is -2.32. The Morgan fingerprint density at radius 1 is 1.33 bits per heavy atom. The van der Waals surface area contributed by atoms with Gasteiger partial charge in [0.1, 0.15) is 0 Å². The van der Waals surface area contributed by atoms with E-state index in [0.29, 0.717) is 23.8 Å². The second-order valence-electron chi connectivity index (χ2n) is 6.43. The molecule has 2 rings (SSSR count). The topological polar surface area (TPSA) is 32.3 Å². The van der Waals surface area contributed by atoms with Gasteiger partial charge in [-0.15, -0.1) is 0 Å². The van der Waals surface area contributed by atoms with E-state index >= 15 is 0 Å². The summed E-state index contributed by atoms with van der Waals surface area (Å²) in [5, 5.41) is 3.49. The maximum atomic E-state index is 12.6. The second-order valence-corrected chi connectivity index (χ2v) is 6.43. The summed E-state index contributed by atoms with van der Waals surface area (Å²) in [5.41, 5.74) is 0. The molecule has 1 amide bonds. The number of amides is 1. The van der Waals surface area contributed by atoms with Crippen LogP contribution in [0.4, 0.5) is 0 Å². The fourth-order valence-corrected chi connectivity index (χ4v) is 3.59. The molecule has 1 aliphatic heterocycles. The van der Waals surface area contributed by atoms with Gasteiger partial charge in [0.05, 0.1) is 12.2 Å². The van der Waals surface area contributed by atoms with Crippen LogP contribution in [-0.4, -0.2) is 29.1 Å². The van der Waals surface area contributed by atoms with Crippen LogP contribution >= 0.6 is 0 Å². The van der Waals surface area contributed by atoms with Crippen LogP contribution in [-0.2, 0) is 4.79 Å². The quantitative estimate of drug-likeness (QED) is 0.837. The minimum Gasteiger partial charge on any atom is -0.323 e. The number of hydrogen-bond donors (Lipinski definition) is 1. The van der Waals surface area contributed by atoms with Crippen molar-refractivity contribution in [2.75, 3.05) is 0 Å². The average molecular weight is 252 g/mol. The lowest BCUT2D eigenvalue weighted by atomic mass is 9.95. The maximum absolute atomic E-state index is 12.6. The van der Waals surface area contributed by atoms with E-state index in [1.54, 1.807) is 0 Å². The molecule has 3 nitrogen and oxygen atoms in total. The van der Waals surface area contributed by atoms with Gasteiger partial charge in [-0.05, 0) is 37.5 Å². The van der Waals surface area contributed by atoms with Gasteiger partial charge in [-0.3, -0.25) is 10.1 Å². The van der Waals surface area contributed by atoms with E-state index in [-0.39, 0.29) is 12.2 Å². The minimum atomic E-state index is 0.0353. The normalized spacial score (nSPS) is 42.6. The van der Waals surface area contributed by atoms with Gasteiger partial charge in [-0.1, -0.05) is 34.1 Å². The van der Waals surface area contributed by atoms with Gasteiger partial charge in [0.2, 0.25) is 5.91 Å². The van der Waals surface area contributed by atoms with E-state index in [2.05, 4.69) is 44.8 Å². The molecule has 0 radical (unpaired) electrons. The SMILES string of the molecule is CCC(C)C1NC(C)N(C2CCC(C)C2C)C1=O. The van der Waals surface area contributed by atoms with E-state index in [1.165, 1.54) is 12.8 Å². The van der Waals surface area contributed by atoms with Crippen LogP contribution in [0.1, 0.15) is 53.9 Å². The fraction of sp³-hybridized carbons (Fsp3) is 0.933. The summed E-state index contributed by atoms with van der Waals surface area (Å²) in [6, 6.07) is 0.483. The highest BCUT2D eigenvalue weighted by molar-refractivity contribution is 5.85. The van der Waals surface area contributed by atoms with Crippen LogP contribution in [0.3, 0.4) is 0 Å². The third-order valence-electron chi connectivity index (χ3n) is 5.35. The highest BCUT2D eigenvalue weighted by atomic mass is 16.2. The summed E-state index contributed by atoms with van der Waals surface area (Å²) in [6.45, 7) is 11.1. The number of carbonyl (C=O) groups is 1. The van der Waals surface area contributed by atoms with Crippen LogP contribution in [0, 0.1) is 17.8 Å². The number of hydrogen-bond acceptors (Lipinski definition) is 2. The van der Waals surface area contributed by atoms with Crippen molar-refractivity contribution in [3.8, 4) is 0 Å². The molecule has 1 saturated heterocycles. The van der Waals surface area contributed by atoms with Crippen molar-refractivity contribution in [3.63, 3.8) is 0 Å². The molecular weight excluding hydrogens is 224 g/mol. The van der Waals surface area contributed by atoms with E-state index < -0.39 is 0 Å². The van der Waals surface area contributed by atoms with Crippen LogP contribution in [0.2, 0.25) is 0 Å². The predicted molar refractivity (Wildman–Crippen MR) is 74.0 cm³/mol. The summed E-state index contributed by atoms with van der Waals surface area (Å²) in [5.74, 6) is 2.15. The number of carbonyl (C=O) groups excluding carboxylic acids is 1. The van der Waals surface area contributed by atoms with Crippen LogP contribution in [0.25, 0.3) is 0 Å². The summed E-state index contributed by atoms with van der Waals surface area (Å²) >= 11 is 0. The summed E-state index contributed by atoms with van der Waals surface area (Å²) in [4.78, 5) is 14.8. The van der Waals surface area contributed by atoms with Crippen LogP contribution in [0.5, 0.6) is 0 Å². The van der Waals surface area contributed by atoms with Gasteiger partial charge in [0.25, 0.3) is 0 Å². The van der Waals surface area contributed by atoms with Crippen molar-refractivity contribution >= 4 is 5.91 Å². The molecular formula is C15H28N2O. The van der Waals surface area contributed by atoms with Gasteiger partial charge >= 0.3 is 0 Å². The van der Waals surface area contributed by atoms with Crippen molar-refractivity contribution in [1.82, 2.24) is 10.2 Å². The van der Waals surface area contributed by atoms with Crippen LogP contribution in [0.15, 0.2) is 0 Å². The Kier molecular flexibility index (Phi) is 4.00. The van der Waals surface area contributed by atoms with Crippen LogP contribution < -0.4 is 5.32 Å². The first-order valence-electron chi connectivity index (χ1n) is 7.55. The van der Waals surface area contributed by atoms with Gasteiger partial charge < -0.3 is 4.90 Å². The summed E-state index contributed by atoms with van der Waals surface area (Å²) in [6.07, 6.45) is 3.69. The van der Waals surface area contributed by atoms with Crippen molar-refractivity contribution < 1.29 is 4.79 Å². The van der Waals surface area contributed by atoms with Crippen molar-refractivity contribution in [3.05, 3.63) is 0 Å². The Labute approximate surface area is 111 Å². The molecule has 1 heterocycles. The van der Waals surface area contributed by atoms with Gasteiger partial charge in [-0.2, -0.15) is 0 Å². The van der Waals surface area contributed by atoms with E-state index in [9.17, 15) is 4.79 Å². The maximum Gasteiger partial charge on any atom is 0.241 e.